The zero-order valence-corrected chi connectivity index (χ0v) is 11.5. The molecular weight excluding hydrogens is 250 g/mol. The second-order valence-electron chi connectivity index (χ2n) is 4.69. The minimum absolute atomic E-state index is 0.495. The Labute approximate surface area is 113 Å². The van der Waals surface area contributed by atoms with Crippen LogP contribution in [0.5, 0.6) is 0 Å². The summed E-state index contributed by atoms with van der Waals surface area (Å²) in [4.78, 5) is 8.59. The molecule has 0 atom stereocenters. The molecule has 18 heavy (non-hydrogen) atoms. The van der Waals surface area contributed by atoms with E-state index in [2.05, 4.69) is 22.2 Å². The highest BCUT2D eigenvalue weighted by Gasteiger charge is 2.20. The zero-order chi connectivity index (χ0) is 12.8. The number of hydrogen-bond acceptors (Lipinski definition) is 4. The molecule has 0 unspecified atom stereocenters. The lowest BCUT2D eigenvalue weighted by atomic mass is 10.3. The van der Waals surface area contributed by atoms with E-state index in [0.29, 0.717) is 11.8 Å². The van der Waals surface area contributed by atoms with Crippen molar-refractivity contribution in [2.75, 3.05) is 25.1 Å². The number of nitrogens with one attached hydrogen (secondary N) is 1. The van der Waals surface area contributed by atoms with Gasteiger partial charge in [0.1, 0.15) is 16.8 Å². The molecule has 1 N–H and O–H groups in total. The van der Waals surface area contributed by atoms with Crippen LogP contribution in [0.15, 0.2) is 6.07 Å². The van der Waals surface area contributed by atoms with E-state index in [1.54, 1.807) is 6.07 Å². The first-order chi connectivity index (χ1) is 8.78. The summed E-state index contributed by atoms with van der Waals surface area (Å²) >= 11 is 5.95. The molecule has 0 radical (unpaired) electrons. The molecule has 5 heteroatoms. The summed E-state index contributed by atoms with van der Waals surface area (Å²) in [5.74, 6) is 2.40. The van der Waals surface area contributed by atoms with Crippen LogP contribution < -0.4 is 5.32 Å². The van der Waals surface area contributed by atoms with Crippen molar-refractivity contribution >= 4 is 17.4 Å². The normalized spacial score (nSPS) is 14.8. The highest BCUT2D eigenvalue weighted by Crippen LogP contribution is 2.28. The second kappa shape index (κ2) is 6.90. The van der Waals surface area contributed by atoms with E-state index in [1.807, 2.05) is 0 Å². The quantitative estimate of drug-likeness (QED) is 0.582. The molecule has 1 heterocycles. The standard InChI is InChI=1S/C13H20ClN3O/c1-2-3-12-16-11(14)8-13(17-12)15-6-7-18-9-10-4-5-10/h8,10H,2-7,9H2,1H3,(H,15,16,17). The summed E-state index contributed by atoms with van der Waals surface area (Å²) in [6, 6.07) is 1.75. The van der Waals surface area contributed by atoms with Gasteiger partial charge >= 0.3 is 0 Å². The number of rotatable bonds is 8. The highest BCUT2D eigenvalue weighted by atomic mass is 35.5. The van der Waals surface area contributed by atoms with Crippen molar-refractivity contribution in [2.24, 2.45) is 5.92 Å². The number of aryl methyl sites for hydroxylation is 1. The first kappa shape index (κ1) is 13.6. The third-order valence-corrected chi connectivity index (χ3v) is 3.01. The number of hydrogen-bond donors (Lipinski definition) is 1. The molecule has 1 fully saturated rings. The number of nitrogens with zero attached hydrogens (tertiary/aromatic N) is 2. The number of anilines is 1. The fourth-order valence-corrected chi connectivity index (χ4v) is 1.88. The van der Waals surface area contributed by atoms with Gasteiger partial charge in [0.25, 0.3) is 0 Å². The topological polar surface area (TPSA) is 47.0 Å². The van der Waals surface area contributed by atoms with Gasteiger partial charge in [0.05, 0.1) is 6.61 Å². The van der Waals surface area contributed by atoms with Crippen LogP contribution in [0.3, 0.4) is 0 Å². The molecule has 2 rings (SSSR count). The van der Waals surface area contributed by atoms with Crippen molar-refractivity contribution in [2.45, 2.75) is 32.6 Å². The first-order valence-corrected chi connectivity index (χ1v) is 7.01. The molecule has 1 aliphatic rings. The van der Waals surface area contributed by atoms with Crippen molar-refractivity contribution in [1.29, 1.82) is 0 Å². The van der Waals surface area contributed by atoms with Gasteiger partial charge in [-0.2, -0.15) is 0 Å². The Kier molecular flexibility index (Phi) is 5.20. The minimum atomic E-state index is 0.495. The van der Waals surface area contributed by atoms with Crippen molar-refractivity contribution in [3.05, 3.63) is 17.0 Å². The Balaban J connectivity index is 1.72. The molecule has 0 aromatic carbocycles. The van der Waals surface area contributed by atoms with Crippen LogP contribution in [-0.2, 0) is 11.2 Å². The number of aromatic nitrogens is 2. The molecule has 4 nitrogen and oxygen atoms in total. The smallest absolute Gasteiger partial charge is 0.134 e. The Morgan fingerprint density at radius 2 is 2.28 bits per heavy atom. The Morgan fingerprint density at radius 1 is 1.44 bits per heavy atom. The molecule has 0 aliphatic heterocycles. The molecule has 0 spiro atoms. The van der Waals surface area contributed by atoms with E-state index in [1.165, 1.54) is 12.8 Å². The first-order valence-electron chi connectivity index (χ1n) is 6.63. The lowest BCUT2D eigenvalue weighted by molar-refractivity contribution is 0.134. The van der Waals surface area contributed by atoms with Crippen molar-refractivity contribution in [3.63, 3.8) is 0 Å². The van der Waals surface area contributed by atoms with E-state index >= 15 is 0 Å². The van der Waals surface area contributed by atoms with Crippen LogP contribution in [0.4, 0.5) is 5.82 Å². The Bertz CT molecular complexity index is 382. The van der Waals surface area contributed by atoms with Gasteiger partial charge < -0.3 is 10.1 Å². The molecule has 0 saturated heterocycles. The molecule has 0 bridgehead atoms. The lowest BCUT2D eigenvalue weighted by Crippen LogP contribution is -2.12. The van der Waals surface area contributed by atoms with Gasteiger partial charge in [0, 0.05) is 25.6 Å². The summed E-state index contributed by atoms with van der Waals surface area (Å²) in [6.45, 7) is 4.46. The Morgan fingerprint density at radius 3 is 3.00 bits per heavy atom. The number of ether oxygens (including phenoxy) is 1. The average molecular weight is 270 g/mol. The van der Waals surface area contributed by atoms with Crippen LogP contribution in [0, 0.1) is 5.92 Å². The van der Waals surface area contributed by atoms with Gasteiger partial charge in [0.2, 0.25) is 0 Å². The summed E-state index contributed by atoms with van der Waals surface area (Å²) in [6.07, 6.45) is 4.53. The largest absolute Gasteiger partial charge is 0.379 e. The predicted octanol–water partition coefficient (Wildman–Crippen LogP) is 2.92. The van der Waals surface area contributed by atoms with Gasteiger partial charge in [-0.1, -0.05) is 18.5 Å². The maximum atomic E-state index is 5.95. The van der Waals surface area contributed by atoms with Crippen molar-refractivity contribution < 1.29 is 4.74 Å². The fourth-order valence-electron chi connectivity index (χ4n) is 1.68. The van der Waals surface area contributed by atoms with Gasteiger partial charge in [-0.25, -0.2) is 9.97 Å². The lowest BCUT2D eigenvalue weighted by Gasteiger charge is -2.08. The fraction of sp³-hybridized carbons (Fsp3) is 0.692. The van der Waals surface area contributed by atoms with E-state index < -0.39 is 0 Å². The molecular formula is C13H20ClN3O. The van der Waals surface area contributed by atoms with Crippen molar-refractivity contribution in [3.8, 4) is 0 Å². The third kappa shape index (κ3) is 4.78. The zero-order valence-electron chi connectivity index (χ0n) is 10.8. The molecule has 1 aliphatic carbocycles. The van der Waals surface area contributed by atoms with Gasteiger partial charge in [-0.3, -0.25) is 0 Å². The SMILES string of the molecule is CCCc1nc(Cl)cc(NCCOCC2CC2)n1. The maximum Gasteiger partial charge on any atom is 0.134 e. The number of halogens is 1. The van der Waals surface area contributed by atoms with Crippen LogP contribution in [0.25, 0.3) is 0 Å². The average Bonchev–Trinajstić information content (AvgIpc) is 3.12. The molecule has 0 amide bonds. The highest BCUT2D eigenvalue weighted by molar-refractivity contribution is 6.29. The van der Waals surface area contributed by atoms with Gasteiger partial charge in [-0.15, -0.1) is 0 Å². The summed E-state index contributed by atoms with van der Waals surface area (Å²) in [5, 5.41) is 3.71. The molecule has 100 valence electrons. The summed E-state index contributed by atoms with van der Waals surface area (Å²) in [7, 11) is 0. The maximum absolute atomic E-state index is 5.95. The van der Waals surface area contributed by atoms with Crippen LogP contribution in [0.1, 0.15) is 32.0 Å². The van der Waals surface area contributed by atoms with E-state index in [9.17, 15) is 0 Å². The molecule has 1 saturated carbocycles. The van der Waals surface area contributed by atoms with Gasteiger partial charge in [-0.05, 0) is 25.2 Å². The summed E-state index contributed by atoms with van der Waals surface area (Å²) < 4.78 is 5.55. The van der Waals surface area contributed by atoms with E-state index in [-0.39, 0.29) is 0 Å². The molecule has 1 aromatic rings. The third-order valence-electron chi connectivity index (χ3n) is 2.82. The molecule has 1 aromatic heterocycles. The van der Waals surface area contributed by atoms with E-state index in [0.717, 1.165) is 43.6 Å². The van der Waals surface area contributed by atoms with Crippen LogP contribution in [-0.4, -0.2) is 29.7 Å². The van der Waals surface area contributed by atoms with Crippen molar-refractivity contribution in [1.82, 2.24) is 9.97 Å². The monoisotopic (exact) mass is 269 g/mol. The van der Waals surface area contributed by atoms with Gasteiger partial charge in [0.15, 0.2) is 0 Å². The van der Waals surface area contributed by atoms with Crippen LogP contribution >= 0.6 is 11.6 Å². The predicted molar refractivity (Wildman–Crippen MR) is 73.1 cm³/mol. The minimum Gasteiger partial charge on any atom is -0.379 e. The van der Waals surface area contributed by atoms with E-state index in [4.69, 9.17) is 16.3 Å². The Hall–Kier alpha value is -0.870. The summed E-state index contributed by atoms with van der Waals surface area (Å²) in [5.41, 5.74) is 0. The van der Waals surface area contributed by atoms with Crippen LogP contribution in [0.2, 0.25) is 5.15 Å². The second-order valence-corrected chi connectivity index (χ2v) is 5.07.